The Bertz CT molecular complexity index is 756. The van der Waals surface area contributed by atoms with Crippen LogP contribution in [0.25, 0.3) is 0 Å². The smallest absolute Gasteiger partial charge is 0.227 e. The number of hydrogen-bond acceptors (Lipinski definition) is 2. The molecule has 1 unspecified atom stereocenters. The molecule has 0 spiro atoms. The number of halogens is 3. The van der Waals surface area contributed by atoms with Crippen LogP contribution in [0.3, 0.4) is 0 Å². The second-order valence-electron chi connectivity index (χ2n) is 5.68. The maximum Gasteiger partial charge on any atom is 0.227 e. The molecule has 0 bridgehead atoms. The SMILES string of the molecule is O=C(Cc1ccc(Br)c(Cl)c1)N1CCOC(c2cccc(F)c2)C1. The number of morpholine rings is 1. The fraction of sp³-hybridized carbons (Fsp3) is 0.278. The van der Waals surface area contributed by atoms with Crippen molar-refractivity contribution in [1.82, 2.24) is 4.90 Å². The van der Waals surface area contributed by atoms with E-state index in [1.807, 2.05) is 18.2 Å². The molecule has 1 saturated heterocycles. The number of benzene rings is 2. The number of amides is 1. The second kappa shape index (κ2) is 7.64. The maximum absolute atomic E-state index is 13.4. The molecule has 1 aliphatic heterocycles. The van der Waals surface area contributed by atoms with E-state index >= 15 is 0 Å². The molecule has 0 aliphatic carbocycles. The zero-order valence-electron chi connectivity index (χ0n) is 12.8. The highest BCUT2D eigenvalue weighted by Gasteiger charge is 2.25. The summed E-state index contributed by atoms with van der Waals surface area (Å²) < 4.78 is 19.9. The van der Waals surface area contributed by atoms with Crippen molar-refractivity contribution in [2.45, 2.75) is 12.5 Å². The van der Waals surface area contributed by atoms with E-state index in [1.54, 1.807) is 17.0 Å². The van der Waals surface area contributed by atoms with Gasteiger partial charge in [-0.25, -0.2) is 4.39 Å². The molecule has 1 atom stereocenters. The summed E-state index contributed by atoms with van der Waals surface area (Å²) in [6.45, 7) is 1.40. The van der Waals surface area contributed by atoms with E-state index in [0.29, 0.717) is 24.7 Å². The minimum atomic E-state index is -0.302. The van der Waals surface area contributed by atoms with Gasteiger partial charge in [0.05, 0.1) is 24.6 Å². The van der Waals surface area contributed by atoms with Crippen molar-refractivity contribution in [2.24, 2.45) is 0 Å². The third-order valence-electron chi connectivity index (χ3n) is 3.98. The molecule has 3 nitrogen and oxygen atoms in total. The summed E-state index contributed by atoms with van der Waals surface area (Å²) in [5, 5.41) is 0.583. The van der Waals surface area contributed by atoms with Gasteiger partial charge in [-0.3, -0.25) is 4.79 Å². The van der Waals surface area contributed by atoms with E-state index in [2.05, 4.69) is 15.9 Å². The molecule has 2 aromatic carbocycles. The lowest BCUT2D eigenvalue weighted by molar-refractivity contribution is -0.138. The Kier molecular flexibility index (Phi) is 5.54. The molecular formula is C18H16BrClFNO2. The minimum Gasteiger partial charge on any atom is -0.370 e. The summed E-state index contributed by atoms with van der Waals surface area (Å²) in [4.78, 5) is 14.3. The van der Waals surface area contributed by atoms with Crippen LogP contribution in [0.1, 0.15) is 17.2 Å². The monoisotopic (exact) mass is 411 g/mol. The minimum absolute atomic E-state index is 0.0121. The summed E-state index contributed by atoms with van der Waals surface area (Å²) in [5.74, 6) is -0.290. The van der Waals surface area contributed by atoms with Crippen molar-refractivity contribution in [1.29, 1.82) is 0 Å². The van der Waals surface area contributed by atoms with E-state index in [-0.39, 0.29) is 24.2 Å². The molecule has 1 fully saturated rings. The second-order valence-corrected chi connectivity index (χ2v) is 6.94. The highest BCUT2D eigenvalue weighted by Crippen LogP contribution is 2.25. The lowest BCUT2D eigenvalue weighted by atomic mass is 10.1. The first-order valence-corrected chi connectivity index (χ1v) is 8.79. The van der Waals surface area contributed by atoms with E-state index in [0.717, 1.165) is 15.6 Å². The van der Waals surface area contributed by atoms with E-state index < -0.39 is 0 Å². The van der Waals surface area contributed by atoms with Gasteiger partial charge in [0, 0.05) is 11.0 Å². The van der Waals surface area contributed by atoms with Gasteiger partial charge in [0.25, 0.3) is 0 Å². The summed E-state index contributed by atoms with van der Waals surface area (Å²) in [5.41, 5.74) is 1.61. The van der Waals surface area contributed by atoms with Gasteiger partial charge in [-0.2, -0.15) is 0 Å². The van der Waals surface area contributed by atoms with Crippen LogP contribution in [0.5, 0.6) is 0 Å². The number of ether oxygens (including phenoxy) is 1. The summed E-state index contributed by atoms with van der Waals surface area (Å²) in [6.07, 6.45) is -0.0185. The average Bonchev–Trinajstić information content (AvgIpc) is 2.58. The molecule has 6 heteroatoms. The molecule has 1 amide bonds. The first kappa shape index (κ1) is 17.4. The van der Waals surface area contributed by atoms with Gasteiger partial charge in [-0.05, 0) is 51.3 Å². The number of hydrogen-bond donors (Lipinski definition) is 0. The average molecular weight is 413 g/mol. The third kappa shape index (κ3) is 4.15. The molecule has 126 valence electrons. The first-order chi connectivity index (χ1) is 11.5. The van der Waals surface area contributed by atoms with E-state index in [4.69, 9.17) is 16.3 Å². The molecule has 0 saturated carbocycles. The van der Waals surface area contributed by atoms with Crippen molar-refractivity contribution in [3.05, 3.63) is 68.9 Å². The number of carbonyl (C=O) groups excluding carboxylic acids is 1. The van der Waals surface area contributed by atoms with Crippen LogP contribution < -0.4 is 0 Å². The van der Waals surface area contributed by atoms with Crippen molar-refractivity contribution in [2.75, 3.05) is 19.7 Å². The van der Waals surface area contributed by atoms with Gasteiger partial charge < -0.3 is 9.64 Å². The number of nitrogens with zero attached hydrogens (tertiary/aromatic N) is 1. The fourth-order valence-electron chi connectivity index (χ4n) is 2.72. The van der Waals surface area contributed by atoms with Crippen LogP contribution in [0, 0.1) is 5.82 Å². The lowest BCUT2D eigenvalue weighted by Crippen LogP contribution is -2.43. The lowest BCUT2D eigenvalue weighted by Gasteiger charge is -2.33. The zero-order chi connectivity index (χ0) is 17.1. The van der Waals surface area contributed by atoms with Crippen molar-refractivity contribution >= 4 is 33.4 Å². The Morgan fingerprint density at radius 1 is 1.33 bits per heavy atom. The van der Waals surface area contributed by atoms with Gasteiger partial charge in [0.15, 0.2) is 0 Å². The number of carbonyl (C=O) groups is 1. The van der Waals surface area contributed by atoms with Crippen LogP contribution in [0.15, 0.2) is 46.9 Å². The molecule has 0 N–H and O–H groups in total. The quantitative estimate of drug-likeness (QED) is 0.748. The molecule has 0 aromatic heterocycles. The summed E-state index contributed by atoms with van der Waals surface area (Å²) in [6, 6.07) is 11.8. The Labute approximate surface area is 153 Å². The van der Waals surface area contributed by atoms with Gasteiger partial charge in [0.1, 0.15) is 11.9 Å². The van der Waals surface area contributed by atoms with Crippen LogP contribution in [0.4, 0.5) is 4.39 Å². The maximum atomic E-state index is 13.4. The van der Waals surface area contributed by atoms with Crippen LogP contribution in [-0.2, 0) is 16.0 Å². The molecule has 3 rings (SSSR count). The summed E-state index contributed by atoms with van der Waals surface area (Å²) >= 11 is 9.41. The standard InChI is InChI=1S/C18H16BrClFNO2/c19-15-5-4-12(8-16(15)20)9-18(23)22-6-7-24-17(11-22)13-2-1-3-14(21)10-13/h1-5,8,10,17H,6-7,9,11H2. The van der Waals surface area contributed by atoms with Crippen molar-refractivity contribution < 1.29 is 13.9 Å². The predicted molar refractivity (Wildman–Crippen MR) is 94.5 cm³/mol. The molecule has 24 heavy (non-hydrogen) atoms. The topological polar surface area (TPSA) is 29.5 Å². The largest absolute Gasteiger partial charge is 0.370 e. The van der Waals surface area contributed by atoms with Crippen molar-refractivity contribution in [3.63, 3.8) is 0 Å². The van der Waals surface area contributed by atoms with E-state index in [9.17, 15) is 9.18 Å². The third-order valence-corrected chi connectivity index (χ3v) is 5.21. The molecule has 1 aliphatic rings. The fourth-order valence-corrected chi connectivity index (χ4v) is 3.17. The van der Waals surface area contributed by atoms with Gasteiger partial charge in [-0.1, -0.05) is 29.8 Å². The molecular weight excluding hydrogens is 397 g/mol. The number of rotatable bonds is 3. The molecule has 0 radical (unpaired) electrons. The van der Waals surface area contributed by atoms with Gasteiger partial charge in [0.2, 0.25) is 5.91 Å². The van der Waals surface area contributed by atoms with Crippen LogP contribution in [-0.4, -0.2) is 30.5 Å². The predicted octanol–water partition coefficient (Wildman–Crippen LogP) is 4.38. The molecule has 2 aromatic rings. The Morgan fingerprint density at radius 2 is 2.17 bits per heavy atom. The highest BCUT2D eigenvalue weighted by molar-refractivity contribution is 9.10. The van der Waals surface area contributed by atoms with Gasteiger partial charge >= 0.3 is 0 Å². The zero-order valence-corrected chi connectivity index (χ0v) is 15.2. The molecule has 1 heterocycles. The highest BCUT2D eigenvalue weighted by atomic mass is 79.9. The first-order valence-electron chi connectivity index (χ1n) is 7.61. The van der Waals surface area contributed by atoms with Gasteiger partial charge in [-0.15, -0.1) is 0 Å². The van der Waals surface area contributed by atoms with E-state index in [1.165, 1.54) is 12.1 Å². The summed E-state index contributed by atoms with van der Waals surface area (Å²) in [7, 11) is 0. The van der Waals surface area contributed by atoms with Crippen LogP contribution in [0.2, 0.25) is 5.02 Å². The Morgan fingerprint density at radius 3 is 2.92 bits per heavy atom. The van der Waals surface area contributed by atoms with Crippen LogP contribution >= 0.6 is 27.5 Å². The Balaban J connectivity index is 1.67. The Hall–Kier alpha value is -1.43. The normalized spacial score (nSPS) is 17.8. The van der Waals surface area contributed by atoms with Crippen molar-refractivity contribution in [3.8, 4) is 0 Å².